The SMILES string of the molecule is O=C(NCC=Cc1ccccn1)NCC=CC12CC3CC(CC(C3)C1)C2. The summed E-state index contributed by atoms with van der Waals surface area (Å²) in [6.45, 7) is 1.11. The maximum atomic E-state index is 11.9. The number of allylic oxidation sites excluding steroid dienone is 1. The zero-order chi connectivity index (χ0) is 17.8. The highest BCUT2D eigenvalue weighted by Crippen LogP contribution is 2.60. The molecule has 4 bridgehead atoms. The average Bonchev–Trinajstić information content (AvgIpc) is 2.62. The van der Waals surface area contributed by atoms with Crippen molar-refractivity contribution in [3.05, 3.63) is 48.3 Å². The molecule has 1 aromatic rings. The monoisotopic (exact) mass is 351 g/mol. The number of rotatable bonds is 6. The standard InChI is InChI=1S/C22H29N3O/c26-21(24-9-3-6-20-5-1-2-8-23-20)25-10-4-7-22-14-17-11-18(15-22)13-19(12-17)16-22/h1-8,17-19H,9-16H2,(H2,24,25,26). The van der Waals surface area contributed by atoms with E-state index in [-0.39, 0.29) is 6.03 Å². The molecule has 0 spiro atoms. The summed E-state index contributed by atoms with van der Waals surface area (Å²) >= 11 is 0. The lowest BCUT2D eigenvalue weighted by Crippen LogP contribution is -2.45. The minimum absolute atomic E-state index is 0.120. The van der Waals surface area contributed by atoms with Crippen LogP contribution < -0.4 is 10.6 Å². The number of urea groups is 1. The van der Waals surface area contributed by atoms with Crippen LogP contribution >= 0.6 is 0 Å². The molecule has 0 saturated heterocycles. The van der Waals surface area contributed by atoms with Gasteiger partial charge in [0.25, 0.3) is 0 Å². The van der Waals surface area contributed by atoms with Crippen LogP contribution in [0.25, 0.3) is 6.08 Å². The van der Waals surface area contributed by atoms with Crippen molar-refractivity contribution < 1.29 is 4.79 Å². The molecule has 138 valence electrons. The van der Waals surface area contributed by atoms with Crippen molar-refractivity contribution in [2.75, 3.05) is 13.1 Å². The highest BCUT2D eigenvalue weighted by molar-refractivity contribution is 5.74. The Balaban J connectivity index is 1.17. The summed E-state index contributed by atoms with van der Waals surface area (Å²) in [5.74, 6) is 2.90. The largest absolute Gasteiger partial charge is 0.335 e. The van der Waals surface area contributed by atoms with Gasteiger partial charge in [-0.2, -0.15) is 0 Å². The Hall–Kier alpha value is -2.10. The molecule has 4 heteroatoms. The summed E-state index contributed by atoms with van der Waals surface area (Å²) in [5, 5.41) is 5.78. The number of amides is 2. The van der Waals surface area contributed by atoms with Gasteiger partial charge in [0.1, 0.15) is 0 Å². The molecule has 26 heavy (non-hydrogen) atoms. The Morgan fingerprint density at radius 1 is 1.04 bits per heavy atom. The van der Waals surface area contributed by atoms with E-state index in [0.29, 0.717) is 18.5 Å². The highest BCUT2D eigenvalue weighted by atomic mass is 16.2. The molecule has 0 aromatic carbocycles. The lowest BCUT2D eigenvalue weighted by Gasteiger charge is -2.55. The topological polar surface area (TPSA) is 54.0 Å². The summed E-state index contributed by atoms with van der Waals surface area (Å²) < 4.78 is 0. The third kappa shape index (κ3) is 4.17. The molecule has 4 nitrogen and oxygen atoms in total. The van der Waals surface area contributed by atoms with Crippen LogP contribution in [0, 0.1) is 23.2 Å². The van der Waals surface area contributed by atoms with Gasteiger partial charge in [-0.1, -0.05) is 24.3 Å². The molecule has 0 unspecified atom stereocenters. The van der Waals surface area contributed by atoms with Crippen molar-refractivity contribution >= 4 is 12.1 Å². The van der Waals surface area contributed by atoms with Crippen LogP contribution in [-0.4, -0.2) is 24.1 Å². The van der Waals surface area contributed by atoms with Crippen molar-refractivity contribution in [3.8, 4) is 0 Å². The first kappa shape index (κ1) is 17.3. The first-order valence-corrected chi connectivity index (χ1v) is 9.98. The molecular weight excluding hydrogens is 322 g/mol. The Labute approximate surface area is 156 Å². The molecule has 4 aliphatic carbocycles. The quantitative estimate of drug-likeness (QED) is 0.756. The van der Waals surface area contributed by atoms with Crippen LogP contribution in [0.1, 0.15) is 44.2 Å². The number of nitrogens with zero attached hydrogens (tertiary/aromatic N) is 1. The van der Waals surface area contributed by atoms with Crippen LogP contribution in [0.3, 0.4) is 0 Å². The van der Waals surface area contributed by atoms with Crippen molar-refractivity contribution in [1.29, 1.82) is 0 Å². The van der Waals surface area contributed by atoms with E-state index in [1.165, 1.54) is 38.5 Å². The molecule has 0 aliphatic heterocycles. The molecule has 4 fully saturated rings. The average molecular weight is 351 g/mol. The van der Waals surface area contributed by atoms with E-state index >= 15 is 0 Å². The molecule has 4 aliphatic rings. The molecule has 1 aromatic heterocycles. The normalized spacial score (nSPS) is 32.4. The Kier molecular flexibility index (Phi) is 5.09. The fourth-order valence-corrected chi connectivity index (χ4v) is 5.71. The van der Waals surface area contributed by atoms with Gasteiger partial charge in [-0.3, -0.25) is 4.98 Å². The fraction of sp³-hybridized carbons (Fsp3) is 0.545. The van der Waals surface area contributed by atoms with E-state index in [4.69, 9.17) is 0 Å². The van der Waals surface area contributed by atoms with Crippen LogP contribution in [0.5, 0.6) is 0 Å². The van der Waals surface area contributed by atoms with Gasteiger partial charge in [-0.25, -0.2) is 4.79 Å². The van der Waals surface area contributed by atoms with Crippen LogP contribution in [0.4, 0.5) is 4.79 Å². The van der Waals surface area contributed by atoms with E-state index < -0.39 is 0 Å². The summed E-state index contributed by atoms with van der Waals surface area (Å²) in [6, 6.07) is 5.65. The third-order valence-electron chi connectivity index (χ3n) is 6.29. The van der Waals surface area contributed by atoms with Gasteiger partial charge in [0, 0.05) is 19.3 Å². The smallest absolute Gasteiger partial charge is 0.315 e. The second-order valence-corrected chi connectivity index (χ2v) is 8.43. The molecule has 2 amide bonds. The molecule has 5 rings (SSSR count). The van der Waals surface area contributed by atoms with Crippen molar-refractivity contribution in [3.63, 3.8) is 0 Å². The molecule has 2 N–H and O–H groups in total. The second kappa shape index (κ2) is 7.65. The maximum Gasteiger partial charge on any atom is 0.315 e. The predicted octanol–water partition coefficient (Wildman–Crippen LogP) is 4.17. The summed E-state index contributed by atoms with van der Waals surface area (Å²) in [7, 11) is 0. The molecular formula is C22H29N3O. The molecule has 0 atom stereocenters. The number of aromatic nitrogens is 1. The number of carbonyl (C=O) groups excluding carboxylic acids is 1. The van der Waals surface area contributed by atoms with Gasteiger partial charge in [-0.15, -0.1) is 0 Å². The van der Waals surface area contributed by atoms with Gasteiger partial charge in [0.15, 0.2) is 0 Å². The van der Waals surface area contributed by atoms with Gasteiger partial charge >= 0.3 is 6.03 Å². The Bertz CT molecular complexity index is 645. The summed E-state index contributed by atoms with van der Waals surface area (Å²) in [4.78, 5) is 16.1. The van der Waals surface area contributed by atoms with Gasteiger partial charge in [-0.05, 0) is 79.9 Å². The molecule has 1 heterocycles. The van der Waals surface area contributed by atoms with Gasteiger partial charge < -0.3 is 10.6 Å². The van der Waals surface area contributed by atoms with Crippen molar-refractivity contribution in [2.45, 2.75) is 38.5 Å². The predicted molar refractivity (Wildman–Crippen MR) is 104 cm³/mol. The number of hydrogen-bond donors (Lipinski definition) is 2. The minimum atomic E-state index is -0.120. The summed E-state index contributed by atoms with van der Waals surface area (Å²) in [5.41, 5.74) is 1.34. The minimum Gasteiger partial charge on any atom is -0.335 e. The first-order valence-electron chi connectivity index (χ1n) is 9.98. The van der Waals surface area contributed by atoms with Gasteiger partial charge in [0.05, 0.1) is 5.69 Å². The number of carbonyl (C=O) groups is 1. The second-order valence-electron chi connectivity index (χ2n) is 8.43. The zero-order valence-corrected chi connectivity index (χ0v) is 15.4. The third-order valence-corrected chi connectivity index (χ3v) is 6.29. The Morgan fingerprint density at radius 2 is 1.69 bits per heavy atom. The van der Waals surface area contributed by atoms with E-state index in [1.54, 1.807) is 6.20 Å². The Morgan fingerprint density at radius 3 is 2.31 bits per heavy atom. The van der Waals surface area contributed by atoms with Crippen LogP contribution in [0.15, 0.2) is 42.6 Å². The lowest BCUT2D eigenvalue weighted by atomic mass is 9.49. The van der Waals surface area contributed by atoms with Gasteiger partial charge in [0.2, 0.25) is 0 Å². The van der Waals surface area contributed by atoms with Crippen LogP contribution in [0.2, 0.25) is 0 Å². The van der Waals surface area contributed by atoms with E-state index in [0.717, 1.165) is 23.4 Å². The van der Waals surface area contributed by atoms with E-state index in [1.807, 2.05) is 30.4 Å². The number of nitrogens with one attached hydrogen (secondary N) is 2. The fourth-order valence-electron chi connectivity index (χ4n) is 5.71. The number of pyridine rings is 1. The van der Waals surface area contributed by atoms with E-state index in [9.17, 15) is 4.79 Å². The maximum absolute atomic E-state index is 11.9. The highest BCUT2D eigenvalue weighted by Gasteiger charge is 2.49. The number of hydrogen-bond acceptors (Lipinski definition) is 2. The van der Waals surface area contributed by atoms with Crippen LogP contribution in [-0.2, 0) is 0 Å². The molecule has 4 saturated carbocycles. The van der Waals surface area contributed by atoms with E-state index in [2.05, 4.69) is 27.8 Å². The van der Waals surface area contributed by atoms with Crippen molar-refractivity contribution in [2.24, 2.45) is 23.2 Å². The lowest BCUT2D eigenvalue weighted by molar-refractivity contribution is -0.0238. The molecule has 0 radical (unpaired) electrons. The first-order chi connectivity index (χ1) is 12.7. The summed E-state index contributed by atoms with van der Waals surface area (Å²) in [6.07, 6.45) is 18.7. The van der Waals surface area contributed by atoms with Crippen molar-refractivity contribution in [1.82, 2.24) is 15.6 Å². The zero-order valence-electron chi connectivity index (χ0n) is 15.4.